The Balaban J connectivity index is 1.92. The summed E-state index contributed by atoms with van der Waals surface area (Å²) >= 11 is 0. The molecule has 0 aliphatic heterocycles. The van der Waals surface area contributed by atoms with Crippen LogP contribution in [-0.2, 0) is 26.2 Å². The van der Waals surface area contributed by atoms with E-state index in [9.17, 15) is 4.39 Å². The predicted molar refractivity (Wildman–Crippen MR) is 71.0 cm³/mol. The van der Waals surface area contributed by atoms with Crippen molar-refractivity contribution < 1.29 is 4.39 Å². The first-order valence-corrected chi connectivity index (χ1v) is 6.59. The van der Waals surface area contributed by atoms with Crippen molar-refractivity contribution >= 4 is 0 Å². The van der Waals surface area contributed by atoms with Gasteiger partial charge in [-0.1, -0.05) is 0 Å². The average molecular weight is 265 g/mol. The summed E-state index contributed by atoms with van der Waals surface area (Å²) in [4.78, 5) is 0. The fourth-order valence-electron chi connectivity index (χ4n) is 1.97. The van der Waals surface area contributed by atoms with E-state index >= 15 is 0 Å². The third kappa shape index (κ3) is 3.01. The molecule has 0 spiro atoms. The van der Waals surface area contributed by atoms with Crippen LogP contribution in [0.3, 0.4) is 0 Å². The van der Waals surface area contributed by atoms with Crippen LogP contribution in [0.2, 0.25) is 0 Å². The van der Waals surface area contributed by atoms with Crippen molar-refractivity contribution in [3.05, 3.63) is 35.2 Å². The molecule has 104 valence electrons. The monoisotopic (exact) mass is 265 g/mol. The molecule has 0 amide bonds. The van der Waals surface area contributed by atoms with Crippen LogP contribution in [0.4, 0.5) is 4.39 Å². The van der Waals surface area contributed by atoms with Gasteiger partial charge in [0.05, 0.1) is 11.9 Å². The number of hydrogen-bond acceptors (Lipinski definition) is 3. The highest BCUT2D eigenvalue weighted by Gasteiger charge is 2.09. The summed E-state index contributed by atoms with van der Waals surface area (Å²) in [6, 6.07) is 0. The van der Waals surface area contributed by atoms with E-state index < -0.39 is 0 Å². The first-order valence-electron chi connectivity index (χ1n) is 6.59. The number of halogens is 1. The highest BCUT2D eigenvalue weighted by molar-refractivity contribution is 5.15. The Morgan fingerprint density at radius 1 is 1.21 bits per heavy atom. The van der Waals surface area contributed by atoms with Gasteiger partial charge in [-0.2, -0.15) is 14.6 Å². The summed E-state index contributed by atoms with van der Waals surface area (Å²) in [5.41, 5.74) is 2.76. The molecule has 2 aromatic rings. The van der Waals surface area contributed by atoms with Gasteiger partial charge in [-0.25, -0.2) is 4.68 Å². The van der Waals surface area contributed by atoms with Crippen LogP contribution < -0.4 is 5.32 Å². The SMILES string of the molecule is CCn1cc(CNCc2cnn(CC)c2F)c(C)n1. The van der Waals surface area contributed by atoms with Gasteiger partial charge in [0.1, 0.15) is 0 Å². The maximum absolute atomic E-state index is 13.7. The number of aromatic nitrogens is 4. The third-order valence-electron chi connectivity index (χ3n) is 3.15. The zero-order valence-corrected chi connectivity index (χ0v) is 11.6. The summed E-state index contributed by atoms with van der Waals surface area (Å²) in [5.74, 6) is -0.254. The molecule has 0 aliphatic rings. The second-order valence-electron chi connectivity index (χ2n) is 4.48. The molecule has 0 bridgehead atoms. The molecule has 1 N–H and O–H groups in total. The number of nitrogens with zero attached hydrogens (tertiary/aromatic N) is 4. The molecular formula is C13H20FN5. The van der Waals surface area contributed by atoms with E-state index in [1.54, 1.807) is 6.20 Å². The molecule has 0 radical (unpaired) electrons. The molecule has 19 heavy (non-hydrogen) atoms. The lowest BCUT2D eigenvalue weighted by molar-refractivity contribution is 0.460. The first kappa shape index (κ1) is 13.7. The Labute approximate surface area is 112 Å². The molecule has 0 saturated carbocycles. The second-order valence-corrected chi connectivity index (χ2v) is 4.48. The van der Waals surface area contributed by atoms with Crippen LogP contribution in [0.1, 0.15) is 30.7 Å². The summed E-state index contributed by atoms with van der Waals surface area (Å²) in [6.45, 7) is 8.48. The number of hydrogen-bond donors (Lipinski definition) is 1. The molecule has 2 aromatic heterocycles. The summed E-state index contributed by atoms with van der Waals surface area (Å²) in [5, 5.41) is 11.6. The lowest BCUT2D eigenvalue weighted by Crippen LogP contribution is -2.14. The maximum atomic E-state index is 13.7. The van der Waals surface area contributed by atoms with Crippen LogP contribution in [-0.4, -0.2) is 19.6 Å². The van der Waals surface area contributed by atoms with Gasteiger partial charge >= 0.3 is 0 Å². The van der Waals surface area contributed by atoms with Gasteiger partial charge in [0, 0.05) is 43.5 Å². The van der Waals surface area contributed by atoms with Gasteiger partial charge in [0.2, 0.25) is 5.95 Å². The van der Waals surface area contributed by atoms with Crippen molar-refractivity contribution in [2.45, 2.75) is 47.0 Å². The highest BCUT2D eigenvalue weighted by Crippen LogP contribution is 2.08. The topological polar surface area (TPSA) is 47.7 Å². The molecule has 0 saturated heterocycles. The smallest absolute Gasteiger partial charge is 0.215 e. The van der Waals surface area contributed by atoms with Crippen molar-refractivity contribution in [2.24, 2.45) is 0 Å². The van der Waals surface area contributed by atoms with Crippen molar-refractivity contribution in [2.75, 3.05) is 0 Å². The quantitative estimate of drug-likeness (QED) is 0.867. The summed E-state index contributed by atoms with van der Waals surface area (Å²) in [6.07, 6.45) is 3.60. The zero-order chi connectivity index (χ0) is 13.8. The van der Waals surface area contributed by atoms with Crippen LogP contribution in [0, 0.1) is 12.9 Å². The normalized spacial score (nSPS) is 11.2. The minimum absolute atomic E-state index is 0.254. The van der Waals surface area contributed by atoms with Gasteiger partial charge in [0.15, 0.2) is 0 Å². The van der Waals surface area contributed by atoms with E-state index in [0.717, 1.165) is 17.8 Å². The molecule has 0 unspecified atom stereocenters. The maximum Gasteiger partial charge on any atom is 0.215 e. The summed E-state index contributed by atoms with van der Waals surface area (Å²) in [7, 11) is 0. The average Bonchev–Trinajstić information content (AvgIpc) is 2.94. The van der Waals surface area contributed by atoms with Gasteiger partial charge in [0.25, 0.3) is 0 Å². The molecular weight excluding hydrogens is 245 g/mol. The number of rotatable bonds is 6. The minimum Gasteiger partial charge on any atom is -0.308 e. The number of aryl methyl sites for hydroxylation is 3. The van der Waals surface area contributed by atoms with E-state index in [1.165, 1.54) is 4.68 Å². The Bertz CT molecular complexity index is 541. The standard InChI is InChI=1S/C13H20FN5/c1-4-18-9-12(10(3)17-18)7-15-6-11-8-16-19(5-2)13(11)14/h8-9,15H,4-7H2,1-3H3. The molecule has 0 fully saturated rings. The van der Waals surface area contributed by atoms with Crippen molar-refractivity contribution in [1.82, 2.24) is 24.9 Å². The van der Waals surface area contributed by atoms with E-state index in [1.807, 2.05) is 24.7 Å². The largest absolute Gasteiger partial charge is 0.308 e. The van der Waals surface area contributed by atoms with Crippen LogP contribution in [0.5, 0.6) is 0 Å². The second kappa shape index (κ2) is 5.97. The number of nitrogens with one attached hydrogen (secondary N) is 1. The van der Waals surface area contributed by atoms with Gasteiger partial charge in [-0.15, -0.1) is 0 Å². The van der Waals surface area contributed by atoms with Gasteiger partial charge < -0.3 is 5.32 Å². The van der Waals surface area contributed by atoms with Crippen LogP contribution in [0.25, 0.3) is 0 Å². The molecule has 2 rings (SSSR count). The Kier molecular flexibility index (Phi) is 4.31. The Morgan fingerprint density at radius 2 is 1.95 bits per heavy atom. The van der Waals surface area contributed by atoms with E-state index in [4.69, 9.17) is 0 Å². The van der Waals surface area contributed by atoms with Crippen molar-refractivity contribution in [3.8, 4) is 0 Å². The zero-order valence-electron chi connectivity index (χ0n) is 11.6. The fourth-order valence-corrected chi connectivity index (χ4v) is 1.97. The highest BCUT2D eigenvalue weighted by atomic mass is 19.1. The predicted octanol–water partition coefficient (Wildman–Crippen LogP) is 1.86. The first-order chi connectivity index (χ1) is 9.15. The summed E-state index contributed by atoms with van der Waals surface area (Å²) < 4.78 is 17.0. The molecule has 0 aromatic carbocycles. The Morgan fingerprint density at radius 3 is 2.53 bits per heavy atom. The molecule has 6 heteroatoms. The fraction of sp³-hybridized carbons (Fsp3) is 0.538. The Hall–Kier alpha value is -1.69. The molecule has 0 atom stereocenters. The van der Waals surface area contributed by atoms with Crippen LogP contribution >= 0.6 is 0 Å². The van der Waals surface area contributed by atoms with Crippen LogP contribution in [0.15, 0.2) is 12.4 Å². The van der Waals surface area contributed by atoms with Crippen molar-refractivity contribution in [1.29, 1.82) is 0 Å². The van der Waals surface area contributed by atoms with E-state index in [-0.39, 0.29) is 5.95 Å². The van der Waals surface area contributed by atoms with Gasteiger partial charge in [-0.05, 0) is 20.8 Å². The molecule has 5 nitrogen and oxygen atoms in total. The third-order valence-corrected chi connectivity index (χ3v) is 3.15. The molecule has 0 aliphatic carbocycles. The lowest BCUT2D eigenvalue weighted by Gasteiger charge is -2.02. The molecule has 2 heterocycles. The van der Waals surface area contributed by atoms with E-state index in [0.29, 0.717) is 25.2 Å². The minimum atomic E-state index is -0.254. The van der Waals surface area contributed by atoms with Crippen molar-refractivity contribution in [3.63, 3.8) is 0 Å². The lowest BCUT2D eigenvalue weighted by atomic mass is 10.2. The van der Waals surface area contributed by atoms with E-state index in [2.05, 4.69) is 22.4 Å². The van der Waals surface area contributed by atoms with Gasteiger partial charge in [-0.3, -0.25) is 4.68 Å².